The Balaban J connectivity index is 1.85. The molecule has 0 aromatic heterocycles. The van der Waals surface area contributed by atoms with Crippen LogP contribution in [0, 0.1) is 5.92 Å². The minimum Gasteiger partial charge on any atom is -0.339 e. The Labute approximate surface area is 96.4 Å². The van der Waals surface area contributed by atoms with Gasteiger partial charge in [0.25, 0.3) is 0 Å². The van der Waals surface area contributed by atoms with Gasteiger partial charge in [-0.15, -0.1) is 0 Å². The molecule has 0 radical (unpaired) electrons. The molecular weight excluding hydrogens is 237 g/mol. The van der Waals surface area contributed by atoms with E-state index in [-0.39, 0.29) is 38.0 Å². The third-order valence-corrected chi connectivity index (χ3v) is 3.05. The van der Waals surface area contributed by atoms with Crippen LogP contribution in [-0.4, -0.2) is 54.0 Å². The maximum Gasteiger partial charge on any atom is 0.471 e. The SMILES string of the molecule is O=C(C1CC1)N1CCN(C(=O)C(F)(F)F)CC1. The van der Waals surface area contributed by atoms with Crippen molar-refractivity contribution in [2.75, 3.05) is 26.2 Å². The van der Waals surface area contributed by atoms with E-state index in [4.69, 9.17) is 0 Å². The summed E-state index contributed by atoms with van der Waals surface area (Å²) in [7, 11) is 0. The number of hydrogen-bond donors (Lipinski definition) is 0. The van der Waals surface area contributed by atoms with E-state index in [0.29, 0.717) is 0 Å². The van der Waals surface area contributed by atoms with Crippen LogP contribution in [0.1, 0.15) is 12.8 Å². The highest BCUT2D eigenvalue weighted by molar-refractivity contribution is 5.83. The molecule has 1 aliphatic carbocycles. The van der Waals surface area contributed by atoms with Crippen LogP contribution in [0.2, 0.25) is 0 Å². The maximum absolute atomic E-state index is 12.2. The molecule has 2 fully saturated rings. The summed E-state index contributed by atoms with van der Waals surface area (Å²) in [5.74, 6) is -1.72. The van der Waals surface area contributed by atoms with Crippen LogP contribution >= 0.6 is 0 Å². The Morgan fingerprint density at radius 1 is 0.941 bits per heavy atom. The molecule has 2 aliphatic rings. The van der Waals surface area contributed by atoms with Crippen LogP contribution in [0.5, 0.6) is 0 Å². The fraction of sp³-hybridized carbons (Fsp3) is 0.800. The number of piperazine rings is 1. The Morgan fingerprint density at radius 3 is 1.82 bits per heavy atom. The predicted molar refractivity (Wildman–Crippen MR) is 51.9 cm³/mol. The van der Waals surface area contributed by atoms with Crippen molar-refractivity contribution in [2.45, 2.75) is 19.0 Å². The van der Waals surface area contributed by atoms with Crippen molar-refractivity contribution in [1.82, 2.24) is 9.80 Å². The second kappa shape index (κ2) is 4.19. The van der Waals surface area contributed by atoms with Gasteiger partial charge < -0.3 is 9.80 Å². The number of halogens is 3. The van der Waals surface area contributed by atoms with E-state index < -0.39 is 12.1 Å². The molecule has 0 N–H and O–H groups in total. The molecule has 2 rings (SSSR count). The van der Waals surface area contributed by atoms with Crippen molar-refractivity contribution in [2.24, 2.45) is 5.92 Å². The fourth-order valence-corrected chi connectivity index (χ4v) is 1.90. The molecule has 96 valence electrons. The quantitative estimate of drug-likeness (QED) is 0.685. The molecule has 0 aromatic carbocycles. The molecule has 2 amide bonds. The number of rotatable bonds is 1. The van der Waals surface area contributed by atoms with Crippen LogP contribution in [0.4, 0.5) is 13.2 Å². The molecule has 0 unspecified atom stereocenters. The minimum absolute atomic E-state index is 0.0177. The van der Waals surface area contributed by atoms with Crippen LogP contribution in [-0.2, 0) is 9.59 Å². The van der Waals surface area contributed by atoms with Gasteiger partial charge in [-0.25, -0.2) is 0 Å². The lowest BCUT2D eigenvalue weighted by Gasteiger charge is -2.35. The number of hydrogen-bond acceptors (Lipinski definition) is 2. The maximum atomic E-state index is 12.2. The minimum atomic E-state index is -4.82. The molecular formula is C10H13F3N2O2. The lowest BCUT2D eigenvalue weighted by atomic mass is 10.2. The predicted octanol–water partition coefficient (Wildman–Crippen LogP) is 0.629. The normalized spacial score (nSPS) is 21.6. The second-order valence-corrected chi connectivity index (χ2v) is 4.39. The van der Waals surface area contributed by atoms with Crippen molar-refractivity contribution in [3.8, 4) is 0 Å². The molecule has 17 heavy (non-hydrogen) atoms. The van der Waals surface area contributed by atoms with Gasteiger partial charge in [0, 0.05) is 32.1 Å². The summed E-state index contributed by atoms with van der Waals surface area (Å²) < 4.78 is 36.5. The topological polar surface area (TPSA) is 40.6 Å². The summed E-state index contributed by atoms with van der Waals surface area (Å²) in [5, 5.41) is 0. The Hall–Kier alpha value is -1.27. The van der Waals surface area contributed by atoms with Crippen LogP contribution in [0.25, 0.3) is 0 Å². The first-order valence-corrected chi connectivity index (χ1v) is 5.54. The third kappa shape index (κ3) is 2.70. The average molecular weight is 250 g/mol. The van der Waals surface area contributed by atoms with E-state index in [9.17, 15) is 22.8 Å². The second-order valence-electron chi connectivity index (χ2n) is 4.39. The molecule has 0 atom stereocenters. The van der Waals surface area contributed by atoms with Crippen LogP contribution in [0.3, 0.4) is 0 Å². The molecule has 0 aromatic rings. The molecule has 1 aliphatic heterocycles. The highest BCUT2D eigenvalue weighted by atomic mass is 19.4. The fourth-order valence-electron chi connectivity index (χ4n) is 1.90. The largest absolute Gasteiger partial charge is 0.471 e. The van der Waals surface area contributed by atoms with E-state index in [1.807, 2.05) is 0 Å². The van der Waals surface area contributed by atoms with E-state index in [2.05, 4.69) is 0 Å². The van der Waals surface area contributed by atoms with Gasteiger partial charge in [-0.05, 0) is 12.8 Å². The lowest BCUT2D eigenvalue weighted by molar-refractivity contribution is -0.187. The van der Waals surface area contributed by atoms with Gasteiger partial charge in [-0.2, -0.15) is 13.2 Å². The van der Waals surface area contributed by atoms with E-state index in [1.54, 1.807) is 4.90 Å². The Kier molecular flexibility index (Phi) is 3.01. The summed E-state index contributed by atoms with van der Waals surface area (Å²) >= 11 is 0. The van der Waals surface area contributed by atoms with Crippen molar-refractivity contribution < 1.29 is 22.8 Å². The van der Waals surface area contributed by atoms with Crippen molar-refractivity contribution in [1.29, 1.82) is 0 Å². The lowest BCUT2D eigenvalue weighted by Crippen LogP contribution is -2.53. The van der Waals surface area contributed by atoms with Gasteiger partial charge >= 0.3 is 12.1 Å². The van der Waals surface area contributed by atoms with E-state index in [1.165, 1.54) is 0 Å². The molecule has 1 saturated heterocycles. The van der Waals surface area contributed by atoms with Crippen LogP contribution < -0.4 is 0 Å². The number of amides is 2. The monoisotopic (exact) mass is 250 g/mol. The first-order valence-electron chi connectivity index (χ1n) is 5.54. The standard InChI is InChI=1S/C10H13F3N2O2/c11-10(12,13)9(17)15-5-3-14(4-6-15)8(16)7-1-2-7/h7H,1-6H2. The van der Waals surface area contributed by atoms with Gasteiger partial charge in [0.15, 0.2) is 0 Å². The third-order valence-electron chi connectivity index (χ3n) is 3.05. The molecule has 0 bridgehead atoms. The highest BCUT2D eigenvalue weighted by Crippen LogP contribution is 2.31. The van der Waals surface area contributed by atoms with Gasteiger partial charge in [-0.3, -0.25) is 9.59 Å². The molecule has 1 saturated carbocycles. The Bertz CT molecular complexity index is 331. The van der Waals surface area contributed by atoms with Gasteiger partial charge in [0.05, 0.1) is 0 Å². The summed E-state index contributed by atoms with van der Waals surface area (Å²) in [6.45, 7) is 0.349. The number of alkyl halides is 3. The molecule has 4 nitrogen and oxygen atoms in total. The van der Waals surface area contributed by atoms with Gasteiger partial charge in [0.2, 0.25) is 5.91 Å². The average Bonchev–Trinajstić information content (AvgIpc) is 3.10. The summed E-state index contributed by atoms with van der Waals surface area (Å²) in [4.78, 5) is 24.9. The van der Waals surface area contributed by atoms with E-state index >= 15 is 0 Å². The van der Waals surface area contributed by atoms with Gasteiger partial charge in [-0.1, -0.05) is 0 Å². The van der Waals surface area contributed by atoms with Crippen molar-refractivity contribution in [3.05, 3.63) is 0 Å². The molecule has 1 heterocycles. The first-order chi connectivity index (χ1) is 7.89. The zero-order valence-electron chi connectivity index (χ0n) is 9.16. The van der Waals surface area contributed by atoms with Crippen molar-refractivity contribution >= 4 is 11.8 Å². The summed E-state index contributed by atoms with van der Waals surface area (Å²) in [6.07, 6.45) is -3.07. The first kappa shape index (κ1) is 12.2. The number of nitrogens with zero attached hydrogens (tertiary/aromatic N) is 2. The van der Waals surface area contributed by atoms with Crippen LogP contribution in [0.15, 0.2) is 0 Å². The number of carbonyl (C=O) groups excluding carboxylic acids is 2. The molecule has 7 heteroatoms. The highest BCUT2D eigenvalue weighted by Gasteiger charge is 2.44. The zero-order valence-corrected chi connectivity index (χ0v) is 9.16. The summed E-state index contributed by atoms with van der Waals surface area (Å²) in [5.41, 5.74) is 0. The zero-order chi connectivity index (χ0) is 12.6. The molecule has 0 spiro atoms. The van der Waals surface area contributed by atoms with Gasteiger partial charge in [0.1, 0.15) is 0 Å². The number of carbonyl (C=O) groups is 2. The van der Waals surface area contributed by atoms with Crippen molar-refractivity contribution in [3.63, 3.8) is 0 Å². The Morgan fingerprint density at radius 2 is 1.41 bits per heavy atom. The summed E-state index contributed by atoms with van der Waals surface area (Å²) in [6, 6.07) is 0. The van der Waals surface area contributed by atoms with E-state index in [0.717, 1.165) is 17.7 Å². The smallest absolute Gasteiger partial charge is 0.339 e.